The van der Waals surface area contributed by atoms with Gasteiger partial charge in [-0.2, -0.15) is 0 Å². The van der Waals surface area contributed by atoms with E-state index in [0.717, 1.165) is 30.6 Å². The van der Waals surface area contributed by atoms with Crippen molar-refractivity contribution in [2.45, 2.75) is 65.1 Å². The molecule has 0 bridgehead atoms. The van der Waals surface area contributed by atoms with Crippen LogP contribution in [0.3, 0.4) is 0 Å². The number of hydrogen-bond donors (Lipinski definition) is 2. The Bertz CT molecular complexity index is 1020. The molecule has 0 saturated heterocycles. The summed E-state index contributed by atoms with van der Waals surface area (Å²) >= 11 is 0. The van der Waals surface area contributed by atoms with Gasteiger partial charge in [0.25, 0.3) is 0 Å². The van der Waals surface area contributed by atoms with Crippen LogP contribution in [0.2, 0.25) is 0 Å². The highest BCUT2D eigenvalue weighted by Crippen LogP contribution is 2.15. The minimum absolute atomic E-state index is 0.0127. The third-order valence-corrected chi connectivity index (χ3v) is 6.64. The normalized spacial score (nSPS) is 11.5. The average Bonchev–Trinajstić information content (AvgIpc) is 3.05. The molecule has 2 rings (SSSR count). The van der Waals surface area contributed by atoms with Crippen LogP contribution < -0.4 is 10.6 Å². The molecule has 0 aliphatic heterocycles. The van der Waals surface area contributed by atoms with Crippen LogP contribution in [-0.4, -0.2) is 70.7 Å². The Hall–Kier alpha value is -3.47. The van der Waals surface area contributed by atoms with E-state index < -0.39 is 18.0 Å². The molecule has 44 heavy (non-hydrogen) atoms. The number of benzene rings is 2. The van der Waals surface area contributed by atoms with Crippen molar-refractivity contribution in [1.82, 2.24) is 10.6 Å². The molecule has 0 aromatic heterocycles. The van der Waals surface area contributed by atoms with Crippen molar-refractivity contribution in [1.29, 1.82) is 0 Å². The number of unbranched alkanes of at least 4 members (excludes halogenated alkanes) is 2. The summed E-state index contributed by atoms with van der Waals surface area (Å²) < 4.78 is 27.1. The van der Waals surface area contributed by atoms with E-state index in [1.807, 2.05) is 60.7 Å². The van der Waals surface area contributed by atoms with Gasteiger partial charge in [-0.05, 0) is 36.8 Å². The zero-order valence-corrected chi connectivity index (χ0v) is 26.1. The second-order valence-corrected chi connectivity index (χ2v) is 10.4. The summed E-state index contributed by atoms with van der Waals surface area (Å²) in [6, 6.07) is 18.9. The van der Waals surface area contributed by atoms with Gasteiger partial charge in [-0.1, -0.05) is 80.4 Å². The average molecular weight is 615 g/mol. The molecular weight excluding hydrogens is 564 g/mol. The molecular formula is C34H50N2O8. The van der Waals surface area contributed by atoms with Crippen LogP contribution >= 0.6 is 0 Å². The zero-order valence-electron chi connectivity index (χ0n) is 26.1. The van der Waals surface area contributed by atoms with Gasteiger partial charge in [0.05, 0.1) is 32.8 Å². The van der Waals surface area contributed by atoms with Crippen molar-refractivity contribution in [3.05, 3.63) is 71.8 Å². The van der Waals surface area contributed by atoms with E-state index in [9.17, 15) is 14.4 Å². The lowest BCUT2D eigenvalue weighted by atomic mass is 9.97. The van der Waals surface area contributed by atoms with Crippen molar-refractivity contribution in [2.24, 2.45) is 5.92 Å². The van der Waals surface area contributed by atoms with Gasteiger partial charge < -0.3 is 34.3 Å². The van der Waals surface area contributed by atoms with E-state index in [2.05, 4.69) is 17.6 Å². The van der Waals surface area contributed by atoms with Gasteiger partial charge >= 0.3 is 12.1 Å². The molecule has 244 valence electrons. The first-order chi connectivity index (χ1) is 21.6. The monoisotopic (exact) mass is 614 g/mol. The van der Waals surface area contributed by atoms with Crippen molar-refractivity contribution in [3.63, 3.8) is 0 Å². The third-order valence-electron chi connectivity index (χ3n) is 6.64. The standard InChI is InChI=1S/C34H50N2O8/c1-2-3-20-40-22-24-42-25-23-41-21-12-19-35-33(38)31(26-32(37)43-27-29-13-6-4-7-14-29)17-10-11-18-36-34(39)44-28-30-15-8-5-9-16-30/h4-9,13-16,31H,2-3,10-12,17-28H2,1H3,(H,35,38)(H,36,39)/t31-/m1/s1. The predicted molar refractivity (Wildman–Crippen MR) is 168 cm³/mol. The smallest absolute Gasteiger partial charge is 0.407 e. The molecule has 1 atom stereocenters. The fraction of sp³-hybridized carbons (Fsp3) is 0.559. The quantitative estimate of drug-likeness (QED) is 0.116. The van der Waals surface area contributed by atoms with Crippen LogP contribution in [0.25, 0.3) is 0 Å². The number of rotatable bonds is 25. The first-order valence-corrected chi connectivity index (χ1v) is 15.7. The Balaban J connectivity index is 1.64. The lowest BCUT2D eigenvalue weighted by Crippen LogP contribution is -2.33. The summed E-state index contributed by atoms with van der Waals surface area (Å²) in [5.41, 5.74) is 1.80. The molecule has 0 aliphatic carbocycles. The second kappa shape index (κ2) is 24.9. The van der Waals surface area contributed by atoms with E-state index in [0.29, 0.717) is 71.8 Å². The van der Waals surface area contributed by atoms with Gasteiger partial charge in [-0.25, -0.2) is 4.79 Å². The molecule has 10 heteroatoms. The first kappa shape index (κ1) is 36.7. The van der Waals surface area contributed by atoms with Crippen LogP contribution in [0.15, 0.2) is 60.7 Å². The molecule has 0 aliphatic rings. The maximum absolute atomic E-state index is 13.0. The van der Waals surface area contributed by atoms with Crippen LogP contribution in [-0.2, 0) is 46.5 Å². The van der Waals surface area contributed by atoms with Crippen LogP contribution in [0.1, 0.15) is 63.0 Å². The number of ether oxygens (including phenoxy) is 5. The van der Waals surface area contributed by atoms with E-state index in [1.165, 1.54) is 0 Å². The van der Waals surface area contributed by atoms with Crippen molar-refractivity contribution >= 4 is 18.0 Å². The Kier molecular flexibility index (Phi) is 20.8. The molecule has 0 unspecified atom stereocenters. The molecule has 2 aromatic rings. The highest BCUT2D eigenvalue weighted by Gasteiger charge is 2.22. The Morgan fingerprint density at radius 3 is 1.80 bits per heavy atom. The molecule has 0 saturated carbocycles. The fourth-order valence-electron chi connectivity index (χ4n) is 4.12. The molecule has 0 spiro atoms. The highest BCUT2D eigenvalue weighted by atomic mass is 16.6. The van der Waals surface area contributed by atoms with Crippen LogP contribution in [0.4, 0.5) is 4.79 Å². The van der Waals surface area contributed by atoms with Crippen molar-refractivity contribution in [2.75, 3.05) is 52.7 Å². The lowest BCUT2D eigenvalue weighted by molar-refractivity contribution is -0.148. The van der Waals surface area contributed by atoms with Crippen molar-refractivity contribution in [3.8, 4) is 0 Å². The first-order valence-electron chi connectivity index (χ1n) is 15.7. The SMILES string of the molecule is CCCCOCCOCCOCCCNC(=O)[C@H](CCCCNC(=O)OCc1ccccc1)CC(=O)OCc1ccccc1. The Morgan fingerprint density at radius 2 is 1.18 bits per heavy atom. The fourth-order valence-corrected chi connectivity index (χ4v) is 4.12. The van der Waals surface area contributed by atoms with Crippen LogP contribution in [0.5, 0.6) is 0 Å². The summed E-state index contributed by atoms with van der Waals surface area (Å²) in [5, 5.41) is 5.66. The van der Waals surface area contributed by atoms with Gasteiger partial charge in [0.1, 0.15) is 13.2 Å². The molecule has 0 fully saturated rings. The number of esters is 1. The van der Waals surface area contributed by atoms with Gasteiger partial charge in [-0.3, -0.25) is 9.59 Å². The summed E-state index contributed by atoms with van der Waals surface area (Å²) in [5.74, 6) is -1.14. The predicted octanol–water partition coefficient (Wildman–Crippen LogP) is 5.19. The number of carbonyl (C=O) groups excluding carboxylic acids is 3. The van der Waals surface area contributed by atoms with E-state index in [4.69, 9.17) is 23.7 Å². The van der Waals surface area contributed by atoms with E-state index >= 15 is 0 Å². The summed E-state index contributed by atoms with van der Waals surface area (Å²) in [6.07, 6.45) is 4.10. The van der Waals surface area contributed by atoms with E-state index in [1.54, 1.807) is 0 Å². The van der Waals surface area contributed by atoms with Crippen LogP contribution in [0, 0.1) is 5.92 Å². The number of carbonyl (C=O) groups is 3. The summed E-state index contributed by atoms with van der Waals surface area (Å²) in [6.45, 7) is 6.71. The number of hydrogen-bond acceptors (Lipinski definition) is 8. The third kappa shape index (κ3) is 18.9. The van der Waals surface area contributed by atoms with Gasteiger partial charge in [0, 0.05) is 32.2 Å². The van der Waals surface area contributed by atoms with Gasteiger partial charge in [0.2, 0.25) is 5.91 Å². The maximum atomic E-state index is 13.0. The zero-order chi connectivity index (χ0) is 31.5. The van der Waals surface area contributed by atoms with Crippen molar-refractivity contribution < 1.29 is 38.1 Å². The van der Waals surface area contributed by atoms with Gasteiger partial charge in [0.15, 0.2) is 0 Å². The Labute approximate surface area is 262 Å². The van der Waals surface area contributed by atoms with Gasteiger partial charge in [-0.15, -0.1) is 0 Å². The number of nitrogens with one attached hydrogen (secondary N) is 2. The minimum atomic E-state index is -0.530. The maximum Gasteiger partial charge on any atom is 0.407 e. The largest absolute Gasteiger partial charge is 0.461 e. The molecule has 2 N–H and O–H groups in total. The molecule has 2 amide bonds. The second-order valence-electron chi connectivity index (χ2n) is 10.4. The summed E-state index contributed by atoms with van der Waals surface area (Å²) in [7, 11) is 0. The molecule has 2 aromatic carbocycles. The molecule has 10 nitrogen and oxygen atoms in total. The minimum Gasteiger partial charge on any atom is -0.461 e. The topological polar surface area (TPSA) is 121 Å². The number of alkyl carbamates (subject to hydrolysis) is 1. The Morgan fingerprint density at radius 1 is 0.636 bits per heavy atom. The highest BCUT2D eigenvalue weighted by molar-refractivity contribution is 5.83. The molecule has 0 radical (unpaired) electrons. The molecule has 0 heterocycles. The summed E-state index contributed by atoms with van der Waals surface area (Å²) in [4.78, 5) is 37.5. The lowest BCUT2D eigenvalue weighted by Gasteiger charge is -2.17. The van der Waals surface area contributed by atoms with E-state index in [-0.39, 0.29) is 25.5 Å². The number of amides is 2.